The molecular weight excluding hydrogens is 270 g/mol. The van der Waals surface area contributed by atoms with Crippen LogP contribution in [0, 0.1) is 0 Å². The molecule has 3 nitrogen and oxygen atoms in total. The van der Waals surface area contributed by atoms with Gasteiger partial charge in [0.25, 0.3) is 0 Å². The molecule has 1 aromatic heterocycles. The van der Waals surface area contributed by atoms with Gasteiger partial charge < -0.3 is 10.3 Å². The maximum atomic E-state index is 6.45. The van der Waals surface area contributed by atoms with E-state index in [1.807, 2.05) is 18.7 Å². The van der Waals surface area contributed by atoms with Crippen LogP contribution in [-0.4, -0.2) is 9.55 Å². The highest BCUT2D eigenvalue weighted by molar-refractivity contribution is 5.82. The third-order valence-corrected chi connectivity index (χ3v) is 4.54. The predicted octanol–water partition coefficient (Wildman–Crippen LogP) is 3.67. The highest BCUT2D eigenvalue weighted by atomic mass is 15.0. The number of imidazole rings is 1. The molecule has 4 rings (SSSR count). The van der Waals surface area contributed by atoms with Gasteiger partial charge in [-0.2, -0.15) is 0 Å². The zero-order valence-electron chi connectivity index (χ0n) is 12.5. The summed E-state index contributed by atoms with van der Waals surface area (Å²) in [6.07, 6.45) is 8.74. The first-order chi connectivity index (χ1) is 10.8. The van der Waals surface area contributed by atoms with Gasteiger partial charge in [0, 0.05) is 31.0 Å². The van der Waals surface area contributed by atoms with E-state index in [0.717, 1.165) is 31.5 Å². The van der Waals surface area contributed by atoms with Gasteiger partial charge in [0.2, 0.25) is 0 Å². The van der Waals surface area contributed by atoms with E-state index in [4.69, 9.17) is 5.73 Å². The Morgan fingerprint density at radius 2 is 2.00 bits per heavy atom. The molecule has 0 atom stereocenters. The summed E-state index contributed by atoms with van der Waals surface area (Å²) in [5, 5.41) is 0. The van der Waals surface area contributed by atoms with Crippen molar-refractivity contribution in [3.05, 3.63) is 71.8 Å². The molecule has 0 aliphatic heterocycles. The van der Waals surface area contributed by atoms with Crippen LogP contribution in [0.2, 0.25) is 0 Å². The fourth-order valence-electron chi connectivity index (χ4n) is 3.37. The minimum Gasteiger partial charge on any atom is -0.398 e. The van der Waals surface area contributed by atoms with Crippen LogP contribution in [-0.2, 0) is 19.4 Å². The number of nitrogens with zero attached hydrogens (tertiary/aromatic N) is 2. The molecule has 2 aromatic carbocycles. The fourth-order valence-corrected chi connectivity index (χ4v) is 3.37. The molecule has 0 fully saturated rings. The molecule has 0 spiro atoms. The quantitative estimate of drug-likeness (QED) is 0.583. The Labute approximate surface area is 130 Å². The summed E-state index contributed by atoms with van der Waals surface area (Å²) in [4.78, 5) is 4.07. The maximum Gasteiger partial charge on any atom is 0.0945 e. The predicted molar refractivity (Wildman–Crippen MR) is 89.6 cm³/mol. The van der Waals surface area contributed by atoms with E-state index in [-0.39, 0.29) is 0 Å². The van der Waals surface area contributed by atoms with E-state index in [1.165, 1.54) is 27.8 Å². The molecule has 2 N–H and O–H groups in total. The van der Waals surface area contributed by atoms with Crippen LogP contribution in [0.15, 0.2) is 55.1 Å². The van der Waals surface area contributed by atoms with Gasteiger partial charge in [0.1, 0.15) is 0 Å². The number of aromatic nitrogens is 2. The Kier molecular flexibility index (Phi) is 3.19. The zero-order valence-corrected chi connectivity index (χ0v) is 12.5. The van der Waals surface area contributed by atoms with Crippen molar-refractivity contribution in [1.82, 2.24) is 9.55 Å². The van der Waals surface area contributed by atoms with Crippen molar-refractivity contribution >= 4 is 5.69 Å². The van der Waals surface area contributed by atoms with Crippen LogP contribution in [0.25, 0.3) is 11.1 Å². The summed E-state index contributed by atoms with van der Waals surface area (Å²) in [6.45, 7) is 0.983. The first kappa shape index (κ1) is 13.1. The Morgan fingerprint density at radius 1 is 1.09 bits per heavy atom. The SMILES string of the molecule is Nc1c(CCCn2ccnc2)ccc2c1Cc1ccccc1-2. The summed E-state index contributed by atoms with van der Waals surface area (Å²) >= 11 is 0. The van der Waals surface area contributed by atoms with Crippen LogP contribution in [0.4, 0.5) is 5.69 Å². The number of fused-ring (bicyclic) bond motifs is 3. The van der Waals surface area contributed by atoms with Crippen LogP contribution in [0.1, 0.15) is 23.1 Å². The number of rotatable bonds is 4. The number of nitrogen functional groups attached to an aromatic ring is 1. The summed E-state index contributed by atoms with van der Waals surface area (Å²) in [7, 11) is 0. The topological polar surface area (TPSA) is 43.8 Å². The van der Waals surface area contributed by atoms with Gasteiger partial charge in [-0.25, -0.2) is 4.98 Å². The summed E-state index contributed by atoms with van der Waals surface area (Å²) in [5.74, 6) is 0. The number of nitrogens with two attached hydrogens (primary N) is 1. The van der Waals surface area contributed by atoms with E-state index in [2.05, 4.69) is 45.9 Å². The van der Waals surface area contributed by atoms with Crippen LogP contribution >= 0.6 is 0 Å². The average Bonchev–Trinajstić information content (AvgIpc) is 3.17. The van der Waals surface area contributed by atoms with Crippen LogP contribution < -0.4 is 5.73 Å². The second-order valence-corrected chi connectivity index (χ2v) is 5.90. The van der Waals surface area contributed by atoms with Crippen molar-refractivity contribution in [2.75, 3.05) is 5.73 Å². The monoisotopic (exact) mass is 289 g/mol. The first-order valence-corrected chi connectivity index (χ1v) is 7.77. The van der Waals surface area contributed by atoms with E-state index in [0.29, 0.717) is 0 Å². The number of aryl methyl sites for hydroxylation is 2. The van der Waals surface area contributed by atoms with Gasteiger partial charge in [-0.05, 0) is 40.7 Å². The molecule has 110 valence electrons. The van der Waals surface area contributed by atoms with E-state index in [1.54, 1.807) is 0 Å². The lowest BCUT2D eigenvalue weighted by Crippen LogP contribution is -2.02. The van der Waals surface area contributed by atoms with Crippen molar-refractivity contribution in [3.8, 4) is 11.1 Å². The molecule has 22 heavy (non-hydrogen) atoms. The number of hydrogen-bond acceptors (Lipinski definition) is 2. The van der Waals surface area contributed by atoms with Gasteiger partial charge in [-0.1, -0.05) is 36.4 Å². The molecule has 0 radical (unpaired) electrons. The Morgan fingerprint density at radius 3 is 2.86 bits per heavy atom. The van der Waals surface area contributed by atoms with E-state index in [9.17, 15) is 0 Å². The minimum atomic E-state index is 0.965. The second kappa shape index (κ2) is 5.34. The van der Waals surface area contributed by atoms with Crippen molar-refractivity contribution < 1.29 is 0 Å². The largest absolute Gasteiger partial charge is 0.398 e. The highest BCUT2D eigenvalue weighted by Gasteiger charge is 2.21. The van der Waals surface area contributed by atoms with Gasteiger partial charge >= 0.3 is 0 Å². The normalized spacial score (nSPS) is 12.2. The van der Waals surface area contributed by atoms with Gasteiger partial charge in [-0.3, -0.25) is 0 Å². The summed E-state index contributed by atoms with van der Waals surface area (Å²) in [5.41, 5.74) is 14.1. The van der Waals surface area contributed by atoms with Gasteiger partial charge in [0.15, 0.2) is 0 Å². The Hall–Kier alpha value is -2.55. The van der Waals surface area contributed by atoms with Crippen LogP contribution in [0.3, 0.4) is 0 Å². The third-order valence-electron chi connectivity index (χ3n) is 4.54. The molecule has 0 bridgehead atoms. The number of benzene rings is 2. The molecular formula is C19H19N3. The van der Waals surface area contributed by atoms with Crippen molar-refractivity contribution in [2.24, 2.45) is 0 Å². The van der Waals surface area contributed by atoms with Gasteiger partial charge in [0.05, 0.1) is 6.33 Å². The smallest absolute Gasteiger partial charge is 0.0945 e. The summed E-state index contributed by atoms with van der Waals surface area (Å²) in [6, 6.07) is 13.0. The third kappa shape index (κ3) is 2.19. The number of anilines is 1. The summed E-state index contributed by atoms with van der Waals surface area (Å²) < 4.78 is 2.11. The lowest BCUT2D eigenvalue weighted by molar-refractivity contribution is 0.642. The first-order valence-electron chi connectivity index (χ1n) is 7.77. The highest BCUT2D eigenvalue weighted by Crippen LogP contribution is 2.40. The molecule has 0 saturated heterocycles. The molecule has 0 unspecified atom stereocenters. The Bertz CT molecular complexity index is 804. The van der Waals surface area contributed by atoms with E-state index >= 15 is 0 Å². The molecule has 1 aliphatic carbocycles. The molecule has 3 heteroatoms. The molecule has 1 heterocycles. The molecule has 0 amide bonds. The lowest BCUT2D eigenvalue weighted by atomic mass is 9.98. The standard InChI is InChI=1S/C19H19N3/c20-19-14(5-3-10-22-11-9-21-13-22)7-8-17-16-6-2-1-4-15(16)12-18(17)19/h1-2,4,6-9,11,13H,3,5,10,12,20H2. The van der Waals surface area contributed by atoms with Crippen molar-refractivity contribution in [2.45, 2.75) is 25.8 Å². The van der Waals surface area contributed by atoms with Crippen molar-refractivity contribution in [1.29, 1.82) is 0 Å². The second-order valence-electron chi connectivity index (χ2n) is 5.90. The molecule has 3 aromatic rings. The maximum absolute atomic E-state index is 6.45. The Balaban J connectivity index is 1.55. The fraction of sp³-hybridized carbons (Fsp3) is 0.211. The van der Waals surface area contributed by atoms with E-state index < -0.39 is 0 Å². The molecule has 1 aliphatic rings. The average molecular weight is 289 g/mol. The van der Waals surface area contributed by atoms with Crippen LogP contribution in [0.5, 0.6) is 0 Å². The number of hydrogen-bond donors (Lipinski definition) is 1. The van der Waals surface area contributed by atoms with Gasteiger partial charge in [-0.15, -0.1) is 0 Å². The molecule has 0 saturated carbocycles. The lowest BCUT2D eigenvalue weighted by Gasteiger charge is -2.11. The minimum absolute atomic E-state index is 0.965. The van der Waals surface area contributed by atoms with Crippen molar-refractivity contribution in [3.63, 3.8) is 0 Å². The zero-order chi connectivity index (χ0) is 14.9.